The molecule has 2 bridgehead atoms. The Morgan fingerprint density at radius 1 is 0.979 bits per heavy atom. The van der Waals surface area contributed by atoms with Crippen LogP contribution >= 0.6 is 0 Å². The van der Waals surface area contributed by atoms with E-state index in [9.17, 15) is 14.7 Å². The first kappa shape index (κ1) is 34.3. The van der Waals surface area contributed by atoms with Crippen molar-refractivity contribution in [2.45, 2.75) is 104 Å². The quantitative estimate of drug-likeness (QED) is 0.231. The number of carbonyl (C=O) groups excluding carboxylic acids is 2. The highest BCUT2D eigenvalue weighted by atomic mass is 16.7. The number of nitrogens with zero attached hydrogens (tertiary/aromatic N) is 1. The molecule has 1 amide bonds. The van der Waals surface area contributed by atoms with Gasteiger partial charge in [0.05, 0.1) is 18.8 Å². The van der Waals surface area contributed by atoms with E-state index in [2.05, 4.69) is 67.4 Å². The minimum atomic E-state index is -0.857. The fourth-order valence-corrected chi connectivity index (χ4v) is 8.49. The number of nitrogens with one attached hydrogen (secondary N) is 1. The lowest BCUT2D eigenvalue weighted by molar-refractivity contribution is -0.253. The van der Waals surface area contributed by atoms with Crippen LogP contribution in [0.15, 0.2) is 72.8 Å². The molecule has 2 N–H and O–H groups in total. The highest BCUT2D eigenvalue weighted by molar-refractivity contribution is 5.83. The van der Waals surface area contributed by atoms with Crippen molar-refractivity contribution in [3.63, 3.8) is 0 Å². The molecule has 2 unspecified atom stereocenters. The number of amides is 1. The van der Waals surface area contributed by atoms with Crippen molar-refractivity contribution in [1.82, 2.24) is 10.2 Å². The Morgan fingerprint density at radius 2 is 1.69 bits per heavy atom. The van der Waals surface area contributed by atoms with E-state index in [1.807, 2.05) is 36.4 Å². The number of hydrogen-bond donors (Lipinski definition) is 2. The summed E-state index contributed by atoms with van der Waals surface area (Å²) in [4.78, 5) is 26.4. The number of benzene rings is 3. The van der Waals surface area contributed by atoms with E-state index in [1.54, 1.807) is 6.92 Å². The first-order chi connectivity index (χ1) is 22.9. The molecule has 8 nitrogen and oxygen atoms in total. The van der Waals surface area contributed by atoms with Gasteiger partial charge in [-0.05, 0) is 64.8 Å². The Balaban J connectivity index is 1.19. The maximum absolute atomic E-state index is 12.5. The van der Waals surface area contributed by atoms with Gasteiger partial charge in [0.1, 0.15) is 0 Å². The van der Waals surface area contributed by atoms with Crippen LogP contribution in [0.2, 0.25) is 0 Å². The second kappa shape index (κ2) is 14.1. The molecule has 8 heteroatoms. The molecular formula is C40H50N2O6. The number of hydrogen-bond acceptors (Lipinski definition) is 7. The van der Waals surface area contributed by atoms with Crippen LogP contribution < -0.4 is 5.32 Å². The maximum Gasteiger partial charge on any atom is 0.303 e. The summed E-state index contributed by atoms with van der Waals surface area (Å²) in [6.45, 7) is 12.5. The minimum absolute atomic E-state index is 0.00992. The third-order valence-electron chi connectivity index (χ3n) is 10.3. The standard InChI is InChI=1S/C40H50N2O6/c1-26(46-27(2)44)37(45)41-21-32-8-6-7-9-35(32)29-14-16-31(17-15-29)38-47-34(18-36(48-38)30-12-10-28(23-43)11-13-30)22-42-25-40(5)20-33(42)19-39(3,4)24-40/h6-17,26,33-34,36,38,43H,18-25H2,1-5H3,(H,41,45)/t26-,33?,34-,36+,38+,40?/m0/s1. The highest BCUT2D eigenvalue weighted by Crippen LogP contribution is 2.53. The predicted octanol–water partition coefficient (Wildman–Crippen LogP) is 6.86. The molecule has 1 aliphatic carbocycles. The van der Waals surface area contributed by atoms with Gasteiger partial charge in [0.15, 0.2) is 12.4 Å². The zero-order valence-electron chi connectivity index (χ0n) is 28.9. The average molecular weight is 655 g/mol. The van der Waals surface area contributed by atoms with Crippen LogP contribution in [0.5, 0.6) is 0 Å². The van der Waals surface area contributed by atoms with Crippen molar-refractivity contribution < 1.29 is 28.9 Å². The number of esters is 1. The molecule has 3 aromatic rings. The lowest BCUT2D eigenvalue weighted by Gasteiger charge is -2.41. The van der Waals surface area contributed by atoms with Gasteiger partial charge in [0.25, 0.3) is 5.91 Å². The molecule has 2 saturated heterocycles. The topological polar surface area (TPSA) is 97.3 Å². The average Bonchev–Trinajstić information content (AvgIpc) is 3.30. The highest BCUT2D eigenvalue weighted by Gasteiger charge is 2.50. The number of rotatable bonds is 10. The molecule has 0 radical (unpaired) electrons. The number of ether oxygens (including phenoxy) is 3. The smallest absolute Gasteiger partial charge is 0.303 e. The molecule has 6 rings (SSSR count). The Bertz CT molecular complexity index is 1590. The van der Waals surface area contributed by atoms with Crippen molar-refractivity contribution >= 4 is 11.9 Å². The monoisotopic (exact) mass is 654 g/mol. The first-order valence-corrected chi connectivity index (χ1v) is 17.3. The fourth-order valence-electron chi connectivity index (χ4n) is 8.49. The lowest BCUT2D eigenvalue weighted by Crippen LogP contribution is -2.42. The van der Waals surface area contributed by atoms with Crippen LogP contribution in [0.25, 0.3) is 11.1 Å². The number of likely N-dealkylation sites (tertiary alicyclic amines) is 1. The summed E-state index contributed by atoms with van der Waals surface area (Å²) in [6, 6.07) is 24.9. The molecule has 2 aliphatic heterocycles. The zero-order chi connectivity index (χ0) is 34.1. The number of aliphatic hydroxyl groups is 1. The summed E-state index contributed by atoms with van der Waals surface area (Å²) in [5, 5.41) is 12.5. The number of fused-ring (bicyclic) bond motifs is 2. The summed E-state index contributed by atoms with van der Waals surface area (Å²) >= 11 is 0. The van der Waals surface area contributed by atoms with Crippen molar-refractivity contribution in [2.75, 3.05) is 13.1 Å². The van der Waals surface area contributed by atoms with Crippen LogP contribution in [0.4, 0.5) is 0 Å². The number of aliphatic hydroxyl groups excluding tert-OH is 1. The van der Waals surface area contributed by atoms with Crippen molar-refractivity contribution in [3.05, 3.63) is 95.1 Å². The van der Waals surface area contributed by atoms with E-state index in [0.717, 1.165) is 52.9 Å². The predicted molar refractivity (Wildman–Crippen MR) is 184 cm³/mol. The van der Waals surface area contributed by atoms with Crippen LogP contribution in [0.1, 0.15) is 94.9 Å². The molecule has 3 fully saturated rings. The summed E-state index contributed by atoms with van der Waals surface area (Å²) in [6.07, 6.45) is 3.01. The van der Waals surface area contributed by atoms with E-state index in [-0.39, 0.29) is 24.7 Å². The van der Waals surface area contributed by atoms with Crippen molar-refractivity contribution in [3.8, 4) is 11.1 Å². The third kappa shape index (κ3) is 8.00. The second-order valence-electron chi connectivity index (χ2n) is 15.2. The summed E-state index contributed by atoms with van der Waals surface area (Å²) in [5.74, 6) is -0.828. The van der Waals surface area contributed by atoms with Gasteiger partial charge in [-0.3, -0.25) is 14.5 Å². The van der Waals surface area contributed by atoms with Crippen LogP contribution in [-0.2, 0) is 37.0 Å². The van der Waals surface area contributed by atoms with Gasteiger partial charge in [-0.2, -0.15) is 0 Å². The van der Waals surface area contributed by atoms with Crippen molar-refractivity contribution in [1.29, 1.82) is 0 Å². The molecule has 0 aromatic heterocycles. The van der Waals surface area contributed by atoms with Gasteiger partial charge in [0.2, 0.25) is 0 Å². The molecule has 6 atom stereocenters. The van der Waals surface area contributed by atoms with Gasteiger partial charge in [-0.1, -0.05) is 93.6 Å². The van der Waals surface area contributed by atoms with Gasteiger partial charge in [-0.15, -0.1) is 0 Å². The fraction of sp³-hybridized carbons (Fsp3) is 0.500. The molecule has 256 valence electrons. The van der Waals surface area contributed by atoms with E-state index < -0.39 is 18.4 Å². The van der Waals surface area contributed by atoms with Gasteiger partial charge < -0.3 is 24.6 Å². The minimum Gasteiger partial charge on any atom is -0.453 e. The maximum atomic E-state index is 12.5. The largest absolute Gasteiger partial charge is 0.453 e. The van der Waals surface area contributed by atoms with E-state index in [4.69, 9.17) is 14.2 Å². The summed E-state index contributed by atoms with van der Waals surface area (Å²) in [5.41, 5.74) is 6.62. The zero-order valence-corrected chi connectivity index (χ0v) is 28.9. The summed E-state index contributed by atoms with van der Waals surface area (Å²) in [7, 11) is 0. The van der Waals surface area contributed by atoms with Crippen LogP contribution in [0.3, 0.4) is 0 Å². The normalized spacial score (nSPS) is 27.3. The molecular weight excluding hydrogens is 604 g/mol. The third-order valence-corrected chi connectivity index (χ3v) is 10.3. The second-order valence-corrected chi connectivity index (χ2v) is 15.2. The molecule has 3 aliphatic rings. The van der Waals surface area contributed by atoms with Gasteiger partial charge in [-0.25, -0.2) is 0 Å². The number of carbonyl (C=O) groups is 2. The lowest BCUT2D eigenvalue weighted by atomic mass is 9.65. The van der Waals surface area contributed by atoms with Crippen molar-refractivity contribution in [2.24, 2.45) is 10.8 Å². The van der Waals surface area contributed by atoms with Gasteiger partial charge in [0, 0.05) is 44.6 Å². The summed E-state index contributed by atoms with van der Waals surface area (Å²) < 4.78 is 18.4. The first-order valence-electron chi connectivity index (χ1n) is 17.3. The van der Waals surface area contributed by atoms with E-state index in [1.165, 1.54) is 26.2 Å². The van der Waals surface area contributed by atoms with Gasteiger partial charge >= 0.3 is 5.97 Å². The SMILES string of the molecule is CC(=O)O[C@@H](C)C(=O)NCc1ccccc1-c1ccc([C@@H]2O[C@H](CN3CC4(C)CC3CC(C)(C)C4)C[C@H](c3ccc(CO)cc3)O2)cc1. The Hall–Kier alpha value is -3.56. The van der Waals surface area contributed by atoms with Crippen LogP contribution in [-0.4, -0.2) is 53.2 Å². The Morgan fingerprint density at radius 3 is 2.40 bits per heavy atom. The molecule has 2 heterocycles. The molecule has 0 spiro atoms. The molecule has 1 saturated carbocycles. The molecule has 48 heavy (non-hydrogen) atoms. The Labute approximate surface area is 284 Å². The van der Waals surface area contributed by atoms with E-state index in [0.29, 0.717) is 23.4 Å². The van der Waals surface area contributed by atoms with E-state index >= 15 is 0 Å². The van der Waals surface area contributed by atoms with Crippen LogP contribution in [0, 0.1) is 10.8 Å². The molecule has 3 aromatic carbocycles. The Kier molecular flexibility index (Phi) is 10.1.